The van der Waals surface area contributed by atoms with Crippen molar-refractivity contribution in [2.24, 2.45) is 0 Å². The monoisotopic (exact) mass is 390 g/mol. The Morgan fingerprint density at radius 1 is 0.963 bits per heavy atom. The van der Waals surface area contributed by atoms with Crippen LogP contribution in [0.5, 0.6) is 11.9 Å². The lowest BCUT2D eigenvalue weighted by atomic mass is 10.0. The molecule has 5 heteroatoms. The third-order valence-electron chi connectivity index (χ3n) is 3.82. The van der Waals surface area contributed by atoms with E-state index in [4.69, 9.17) is 9.47 Å². The Balaban J connectivity index is 2.34. The van der Waals surface area contributed by atoms with Crippen LogP contribution in [0.15, 0.2) is 17.6 Å². The van der Waals surface area contributed by atoms with Crippen molar-refractivity contribution in [2.75, 3.05) is 0 Å². The molecule has 0 N–H and O–H groups in total. The summed E-state index contributed by atoms with van der Waals surface area (Å²) in [6.07, 6.45) is 7.94. The molecule has 2 heterocycles. The van der Waals surface area contributed by atoms with Gasteiger partial charge in [0.15, 0.2) is 0 Å². The topological polar surface area (TPSA) is 44.2 Å². The molecule has 2 aromatic heterocycles. The zero-order chi connectivity index (χ0) is 20.1. The van der Waals surface area contributed by atoms with Crippen molar-refractivity contribution in [3.63, 3.8) is 0 Å². The van der Waals surface area contributed by atoms with Gasteiger partial charge in [-0.1, -0.05) is 26.2 Å². The predicted molar refractivity (Wildman–Crippen MR) is 114 cm³/mol. The zero-order valence-corrected chi connectivity index (χ0v) is 18.7. The number of hydrogen-bond donors (Lipinski definition) is 0. The molecule has 0 aliphatic rings. The van der Waals surface area contributed by atoms with Gasteiger partial charge in [0.05, 0.1) is 5.56 Å². The number of unbranched alkanes of at least 4 members (excludes halogenated alkanes) is 3. The second-order valence-corrected chi connectivity index (χ2v) is 9.80. The lowest BCUT2D eigenvalue weighted by Crippen LogP contribution is -2.26. The van der Waals surface area contributed by atoms with E-state index in [0.717, 1.165) is 12.0 Å². The van der Waals surface area contributed by atoms with E-state index in [1.807, 2.05) is 47.7 Å². The van der Waals surface area contributed by atoms with Crippen LogP contribution in [0.2, 0.25) is 0 Å². The van der Waals surface area contributed by atoms with E-state index in [-0.39, 0.29) is 11.2 Å². The Morgan fingerprint density at radius 2 is 1.67 bits per heavy atom. The first kappa shape index (κ1) is 21.7. The van der Waals surface area contributed by atoms with Gasteiger partial charge < -0.3 is 9.47 Å². The van der Waals surface area contributed by atoms with Crippen molar-refractivity contribution in [3.05, 3.63) is 23.2 Å². The number of aromatic nitrogens is 2. The number of rotatable bonds is 8. The summed E-state index contributed by atoms with van der Waals surface area (Å²) in [7, 11) is 0. The Kier molecular flexibility index (Phi) is 7.26. The van der Waals surface area contributed by atoms with Gasteiger partial charge in [0.1, 0.15) is 11.2 Å². The summed E-state index contributed by atoms with van der Waals surface area (Å²) in [5.41, 5.74) is 1.60. The molecule has 0 saturated heterocycles. The number of ether oxygens (including phenoxy) is 2. The molecular formula is C22H34N2O2S. The molecule has 0 aliphatic carbocycles. The Morgan fingerprint density at radius 3 is 2.30 bits per heavy atom. The molecule has 0 aromatic carbocycles. The van der Waals surface area contributed by atoms with Gasteiger partial charge in [-0.25, -0.2) is 4.98 Å². The number of hydrogen-bond acceptors (Lipinski definition) is 5. The first-order chi connectivity index (χ1) is 12.6. The highest BCUT2D eigenvalue weighted by molar-refractivity contribution is 7.13. The average Bonchev–Trinajstić information content (AvgIpc) is 2.97. The summed E-state index contributed by atoms with van der Waals surface area (Å²) in [6, 6.07) is 2.57. The lowest BCUT2D eigenvalue weighted by molar-refractivity contribution is 0.103. The van der Waals surface area contributed by atoms with Crippen LogP contribution < -0.4 is 9.47 Å². The molecule has 0 bridgehead atoms. The van der Waals surface area contributed by atoms with Gasteiger partial charge in [-0.3, -0.25) is 0 Å². The maximum Gasteiger partial charge on any atom is 0.320 e. The SMILES string of the molecule is CCCCCCc1ccsc1-c1cnc(OC(C)(C)C)nc1OC(C)(C)C. The number of nitrogens with zero attached hydrogens (tertiary/aromatic N) is 2. The normalized spacial score (nSPS) is 12.3. The number of aryl methyl sites for hydroxylation is 1. The van der Waals surface area contributed by atoms with Crippen LogP contribution >= 0.6 is 11.3 Å². The molecule has 0 amide bonds. The van der Waals surface area contributed by atoms with Gasteiger partial charge in [-0.05, 0) is 71.4 Å². The van der Waals surface area contributed by atoms with Crippen molar-refractivity contribution in [1.29, 1.82) is 0 Å². The molecule has 0 atom stereocenters. The van der Waals surface area contributed by atoms with Crippen LogP contribution in [0.1, 0.15) is 79.7 Å². The molecular weight excluding hydrogens is 356 g/mol. The summed E-state index contributed by atoms with van der Waals surface area (Å²) in [4.78, 5) is 10.3. The van der Waals surface area contributed by atoms with Crippen molar-refractivity contribution in [3.8, 4) is 22.3 Å². The highest BCUT2D eigenvalue weighted by atomic mass is 32.1. The highest BCUT2D eigenvalue weighted by Crippen LogP contribution is 2.38. The molecule has 0 aliphatic heterocycles. The summed E-state index contributed by atoms with van der Waals surface area (Å²) in [5, 5.41) is 2.14. The fourth-order valence-electron chi connectivity index (χ4n) is 2.71. The molecule has 27 heavy (non-hydrogen) atoms. The summed E-state index contributed by atoms with van der Waals surface area (Å²) < 4.78 is 12.0. The molecule has 150 valence electrons. The van der Waals surface area contributed by atoms with Crippen molar-refractivity contribution in [1.82, 2.24) is 9.97 Å². The fourth-order valence-corrected chi connectivity index (χ4v) is 3.67. The van der Waals surface area contributed by atoms with Crippen LogP contribution in [0.3, 0.4) is 0 Å². The minimum absolute atomic E-state index is 0.347. The van der Waals surface area contributed by atoms with Gasteiger partial charge in [0.25, 0.3) is 0 Å². The smallest absolute Gasteiger partial charge is 0.320 e. The van der Waals surface area contributed by atoms with Gasteiger partial charge in [0, 0.05) is 11.1 Å². The Bertz CT molecular complexity index is 727. The van der Waals surface area contributed by atoms with E-state index in [1.54, 1.807) is 11.3 Å². The van der Waals surface area contributed by atoms with Crippen molar-refractivity contribution < 1.29 is 9.47 Å². The van der Waals surface area contributed by atoms with E-state index in [1.165, 1.54) is 36.1 Å². The van der Waals surface area contributed by atoms with Crippen LogP contribution in [-0.2, 0) is 6.42 Å². The van der Waals surface area contributed by atoms with E-state index in [2.05, 4.69) is 28.3 Å². The standard InChI is InChI=1S/C22H34N2O2S/c1-8-9-10-11-12-16-13-14-27-18(16)17-15-23-20(26-22(5,6)7)24-19(17)25-21(2,3)4/h13-15H,8-12H2,1-7H3. The van der Waals surface area contributed by atoms with E-state index in [9.17, 15) is 0 Å². The molecule has 0 spiro atoms. The molecule has 2 aromatic rings. The second kappa shape index (κ2) is 9.05. The second-order valence-electron chi connectivity index (χ2n) is 8.89. The zero-order valence-electron chi connectivity index (χ0n) is 17.9. The quantitative estimate of drug-likeness (QED) is 0.471. The van der Waals surface area contributed by atoms with E-state index >= 15 is 0 Å². The van der Waals surface area contributed by atoms with Crippen LogP contribution in [0.25, 0.3) is 10.4 Å². The molecule has 0 saturated carbocycles. The molecule has 4 nitrogen and oxygen atoms in total. The minimum Gasteiger partial charge on any atom is -0.471 e. The Hall–Kier alpha value is -1.62. The highest BCUT2D eigenvalue weighted by Gasteiger charge is 2.22. The van der Waals surface area contributed by atoms with E-state index in [0.29, 0.717) is 11.9 Å². The lowest BCUT2D eigenvalue weighted by Gasteiger charge is -2.24. The molecule has 0 radical (unpaired) electrons. The van der Waals surface area contributed by atoms with Crippen LogP contribution in [0.4, 0.5) is 0 Å². The molecule has 0 fully saturated rings. The Labute approximate surface area is 168 Å². The summed E-state index contributed by atoms with van der Waals surface area (Å²) in [6.45, 7) is 14.3. The van der Waals surface area contributed by atoms with Crippen LogP contribution in [-0.4, -0.2) is 21.2 Å². The summed E-state index contributed by atoms with van der Waals surface area (Å²) in [5.74, 6) is 0.592. The fraction of sp³-hybridized carbons (Fsp3) is 0.636. The van der Waals surface area contributed by atoms with Gasteiger partial charge >= 0.3 is 6.01 Å². The third kappa shape index (κ3) is 7.13. The first-order valence-corrected chi connectivity index (χ1v) is 10.8. The van der Waals surface area contributed by atoms with E-state index < -0.39 is 0 Å². The van der Waals surface area contributed by atoms with Gasteiger partial charge in [-0.15, -0.1) is 11.3 Å². The third-order valence-corrected chi connectivity index (χ3v) is 4.81. The van der Waals surface area contributed by atoms with Gasteiger partial charge in [-0.2, -0.15) is 4.98 Å². The minimum atomic E-state index is -0.353. The maximum absolute atomic E-state index is 6.19. The molecule has 2 rings (SSSR count). The van der Waals surface area contributed by atoms with Crippen molar-refractivity contribution >= 4 is 11.3 Å². The van der Waals surface area contributed by atoms with Gasteiger partial charge in [0.2, 0.25) is 5.88 Å². The molecule has 0 unspecified atom stereocenters. The van der Waals surface area contributed by atoms with Crippen molar-refractivity contribution in [2.45, 2.75) is 91.8 Å². The first-order valence-electron chi connectivity index (χ1n) is 9.91. The predicted octanol–water partition coefficient (Wildman–Crippen LogP) is 6.68. The maximum atomic E-state index is 6.19. The number of thiophene rings is 1. The van der Waals surface area contributed by atoms with Crippen LogP contribution in [0, 0.1) is 0 Å². The summed E-state index contributed by atoms with van der Waals surface area (Å²) >= 11 is 1.72. The largest absolute Gasteiger partial charge is 0.471 e. The average molecular weight is 391 g/mol.